The molecule has 1 N–H and O–H groups in total. The number of halogens is 1. The Morgan fingerprint density at radius 1 is 1.19 bits per heavy atom. The van der Waals surface area contributed by atoms with E-state index in [9.17, 15) is 13.2 Å². The average molecular weight is 396 g/mol. The second-order valence-corrected chi connectivity index (χ2v) is 8.50. The number of sulfone groups is 1. The molecule has 7 heteroatoms. The molecule has 0 bridgehead atoms. The van der Waals surface area contributed by atoms with Crippen LogP contribution in [0.4, 0.5) is 0 Å². The largest absolute Gasteiger partial charge is 0.481 e. The molecule has 140 valence electrons. The maximum Gasteiger partial charge on any atom is 0.261 e. The van der Waals surface area contributed by atoms with Gasteiger partial charge in [0.05, 0.1) is 10.9 Å². The smallest absolute Gasteiger partial charge is 0.261 e. The molecule has 0 unspecified atom stereocenters. The Morgan fingerprint density at radius 2 is 1.85 bits per heavy atom. The number of amides is 1. The predicted octanol–water partition coefficient (Wildman–Crippen LogP) is 3.78. The van der Waals surface area contributed by atoms with E-state index in [0.717, 1.165) is 11.8 Å². The van der Waals surface area contributed by atoms with Crippen LogP contribution in [-0.2, 0) is 14.6 Å². The van der Waals surface area contributed by atoms with Crippen LogP contribution >= 0.6 is 11.6 Å². The van der Waals surface area contributed by atoms with E-state index in [4.69, 9.17) is 16.3 Å². The maximum absolute atomic E-state index is 12.5. The summed E-state index contributed by atoms with van der Waals surface area (Å²) in [5.74, 6) is 0.289. The lowest BCUT2D eigenvalue weighted by Gasteiger charge is -2.21. The van der Waals surface area contributed by atoms with Crippen LogP contribution in [0, 0.1) is 0 Å². The zero-order valence-corrected chi connectivity index (χ0v) is 16.5. The summed E-state index contributed by atoms with van der Waals surface area (Å²) >= 11 is 5.94. The Balaban J connectivity index is 2.04. The summed E-state index contributed by atoms with van der Waals surface area (Å²) < 4.78 is 28.8. The first-order valence-corrected chi connectivity index (χ1v) is 10.5. The summed E-state index contributed by atoms with van der Waals surface area (Å²) in [7, 11) is -3.24. The van der Waals surface area contributed by atoms with Crippen LogP contribution in [0.3, 0.4) is 0 Å². The summed E-state index contributed by atoms with van der Waals surface area (Å²) in [5, 5.41) is 3.43. The summed E-state index contributed by atoms with van der Waals surface area (Å²) in [6, 6.07) is 13.1. The Labute approximate surface area is 159 Å². The minimum atomic E-state index is -3.24. The van der Waals surface area contributed by atoms with E-state index in [1.807, 2.05) is 13.8 Å². The van der Waals surface area contributed by atoms with Crippen LogP contribution in [0.25, 0.3) is 0 Å². The molecule has 0 aliphatic heterocycles. The average Bonchev–Trinajstić information content (AvgIpc) is 2.59. The SMILES string of the molecule is CC[C@H](Oc1cccc(Cl)c1)C(=O)N[C@H](C)c1ccc(S(C)(=O)=O)cc1. The molecular weight excluding hydrogens is 374 g/mol. The predicted molar refractivity (Wildman–Crippen MR) is 102 cm³/mol. The quantitative estimate of drug-likeness (QED) is 0.774. The minimum Gasteiger partial charge on any atom is -0.481 e. The summed E-state index contributed by atoms with van der Waals surface area (Å²) in [6.07, 6.45) is 1.01. The van der Waals surface area contributed by atoms with Gasteiger partial charge in [0, 0.05) is 11.3 Å². The zero-order chi connectivity index (χ0) is 19.3. The van der Waals surface area contributed by atoms with Crippen LogP contribution in [-0.4, -0.2) is 26.7 Å². The second kappa shape index (κ2) is 8.56. The highest BCUT2D eigenvalue weighted by molar-refractivity contribution is 7.90. The molecule has 2 aromatic rings. The van der Waals surface area contributed by atoms with Gasteiger partial charge in [0.2, 0.25) is 0 Å². The van der Waals surface area contributed by atoms with Crippen molar-refractivity contribution in [3.05, 3.63) is 59.1 Å². The lowest BCUT2D eigenvalue weighted by atomic mass is 10.1. The van der Waals surface area contributed by atoms with Crippen molar-refractivity contribution >= 4 is 27.3 Å². The lowest BCUT2D eigenvalue weighted by Crippen LogP contribution is -2.39. The van der Waals surface area contributed by atoms with Gasteiger partial charge in [-0.3, -0.25) is 4.79 Å². The maximum atomic E-state index is 12.5. The van der Waals surface area contributed by atoms with Crippen molar-refractivity contribution in [3.8, 4) is 5.75 Å². The van der Waals surface area contributed by atoms with Crippen molar-refractivity contribution in [2.75, 3.05) is 6.26 Å². The van der Waals surface area contributed by atoms with Gasteiger partial charge in [-0.2, -0.15) is 0 Å². The molecule has 0 fully saturated rings. The summed E-state index contributed by atoms with van der Waals surface area (Å²) in [6.45, 7) is 3.69. The van der Waals surface area contributed by atoms with E-state index in [1.165, 1.54) is 12.1 Å². The van der Waals surface area contributed by atoms with Crippen molar-refractivity contribution in [1.82, 2.24) is 5.32 Å². The topological polar surface area (TPSA) is 72.5 Å². The number of carbonyl (C=O) groups excluding carboxylic acids is 1. The zero-order valence-electron chi connectivity index (χ0n) is 14.9. The Kier molecular flexibility index (Phi) is 6.67. The van der Waals surface area contributed by atoms with Crippen molar-refractivity contribution in [2.45, 2.75) is 37.3 Å². The molecule has 5 nitrogen and oxygen atoms in total. The van der Waals surface area contributed by atoms with Gasteiger partial charge in [-0.1, -0.05) is 36.7 Å². The minimum absolute atomic E-state index is 0.243. The molecule has 1 amide bonds. The van der Waals surface area contributed by atoms with E-state index in [0.29, 0.717) is 17.2 Å². The Hall–Kier alpha value is -2.05. The fourth-order valence-corrected chi connectivity index (χ4v) is 3.23. The van der Waals surface area contributed by atoms with Crippen LogP contribution in [0.15, 0.2) is 53.4 Å². The number of ether oxygens (including phenoxy) is 1. The standard InChI is InChI=1S/C19H22ClNO4S/c1-4-18(25-16-7-5-6-15(20)12-16)19(22)21-13(2)14-8-10-17(11-9-14)26(3,23)24/h5-13,18H,4H2,1-3H3,(H,21,22)/t13-,18+/m1/s1. The Bertz CT molecular complexity index is 865. The fraction of sp³-hybridized carbons (Fsp3) is 0.316. The first-order valence-electron chi connectivity index (χ1n) is 8.23. The number of nitrogens with one attached hydrogen (secondary N) is 1. The Morgan fingerprint density at radius 3 is 2.38 bits per heavy atom. The number of benzene rings is 2. The van der Waals surface area contributed by atoms with Crippen LogP contribution in [0.1, 0.15) is 31.9 Å². The highest BCUT2D eigenvalue weighted by atomic mass is 35.5. The van der Waals surface area contributed by atoms with Crippen LogP contribution < -0.4 is 10.1 Å². The number of carbonyl (C=O) groups is 1. The van der Waals surface area contributed by atoms with Gasteiger partial charge in [-0.25, -0.2) is 8.42 Å². The van der Waals surface area contributed by atoms with Gasteiger partial charge in [-0.15, -0.1) is 0 Å². The van der Waals surface area contributed by atoms with Gasteiger partial charge in [-0.05, 0) is 49.2 Å². The highest BCUT2D eigenvalue weighted by Gasteiger charge is 2.21. The van der Waals surface area contributed by atoms with E-state index in [1.54, 1.807) is 36.4 Å². The van der Waals surface area contributed by atoms with Gasteiger partial charge in [0.25, 0.3) is 5.91 Å². The summed E-state index contributed by atoms with van der Waals surface area (Å²) in [5.41, 5.74) is 0.809. The molecule has 2 aromatic carbocycles. The molecule has 0 heterocycles. The molecule has 0 radical (unpaired) electrons. The third-order valence-electron chi connectivity index (χ3n) is 3.90. The molecule has 2 rings (SSSR count). The van der Waals surface area contributed by atoms with Crippen molar-refractivity contribution in [1.29, 1.82) is 0 Å². The summed E-state index contributed by atoms with van der Waals surface area (Å²) in [4.78, 5) is 12.8. The second-order valence-electron chi connectivity index (χ2n) is 6.04. The third kappa shape index (κ3) is 5.47. The molecule has 0 saturated carbocycles. The monoisotopic (exact) mass is 395 g/mol. The molecule has 0 aliphatic rings. The molecule has 0 aliphatic carbocycles. The molecular formula is C19H22ClNO4S. The van der Waals surface area contributed by atoms with Crippen LogP contribution in [0.2, 0.25) is 5.02 Å². The number of hydrogen-bond acceptors (Lipinski definition) is 4. The van der Waals surface area contributed by atoms with Crippen molar-refractivity contribution in [2.24, 2.45) is 0 Å². The number of rotatable bonds is 7. The highest BCUT2D eigenvalue weighted by Crippen LogP contribution is 2.20. The van der Waals surface area contributed by atoms with Gasteiger partial charge >= 0.3 is 0 Å². The van der Waals surface area contributed by atoms with E-state index in [-0.39, 0.29) is 16.8 Å². The van der Waals surface area contributed by atoms with E-state index >= 15 is 0 Å². The molecule has 0 saturated heterocycles. The first-order chi connectivity index (χ1) is 12.2. The molecule has 0 spiro atoms. The molecule has 2 atom stereocenters. The first kappa shape index (κ1) is 20.3. The van der Waals surface area contributed by atoms with Gasteiger partial charge < -0.3 is 10.1 Å². The van der Waals surface area contributed by atoms with Gasteiger partial charge in [0.15, 0.2) is 15.9 Å². The van der Waals surface area contributed by atoms with Gasteiger partial charge in [0.1, 0.15) is 5.75 Å². The molecule has 0 aromatic heterocycles. The normalized spacial score (nSPS) is 13.7. The van der Waals surface area contributed by atoms with Crippen molar-refractivity contribution in [3.63, 3.8) is 0 Å². The third-order valence-corrected chi connectivity index (χ3v) is 5.27. The lowest BCUT2D eigenvalue weighted by molar-refractivity contribution is -0.128. The molecule has 26 heavy (non-hydrogen) atoms. The van der Waals surface area contributed by atoms with E-state index in [2.05, 4.69) is 5.32 Å². The fourth-order valence-electron chi connectivity index (χ4n) is 2.42. The van der Waals surface area contributed by atoms with E-state index < -0.39 is 15.9 Å². The van der Waals surface area contributed by atoms with Crippen LogP contribution in [0.5, 0.6) is 5.75 Å². The number of hydrogen-bond donors (Lipinski definition) is 1. The van der Waals surface area contributed by atoms with Crippen molar-refractivity contribution < 1.29 is 17.9 Å².